The highest BCUT2D eigenvalue weighted by molar-refractivity contribution is 5.85. The first kappa shape index (κ1) is 10.3. The summed E-state index contributed by atoms with van der Waals surface area (Å²) < 4.78 is 0. The Morgan fingerprint density at radius 3 is 2.53 bits per heavy atom. The zero-order chi connectivity index (χ0) is 11.8. The van der Waals surface area contributed by atoms with Gasteiger partial charge in [-0.15, -0.1) is 0 Å². The molecule has 84 valence electrons. The molecule has 2 aromatic rings. The quantitative estimate of drug-likeness (QED) is 0.672. The van der Waals surface area contributed by atoms with E-state index in [0.29, 0.717) is 0 Å². The van der Waals surface area contributed by atoms with E-state index >= 15 is 0 Å². The Morgan fingerprint density at radius 2 is 1.71 bits per heavy atom. The van der Waals surface area contributed by atoms with Gasteiger partial charge in [-0.3, -0.25) is 0 Å². The molecular formula is C17H16. The normalized spacial score (nSPS) is 13.4. The summed E-state index contributed by atoms with van der Waals surface area (Å²) in [7, 11) is 0. The Hall–Kier alpha value is -1.82. The van der Waals surface area contributed by atoms with Gasteiger partial charge >= 0.3 is 0 Å². The fourth-order valence-electron chi connectivity index (χ4n) is 2.65. The maximum atomic E-state index is 2.35. The molecule has 0 saturated carbocycles. The highest BCUT2D eigenvalue weighted by Gasteiger charge is 2.15. The van der Waals surface area contributed by atoms with Crippen LogP contribution >= 0.6 is 0 Å². The minimum atomic E-state index is 1.07. The third kappa shape index (κ3) is 1.70. The predicted octanol–water partition coefficient (Wildman–Crippen LogP) is 4.29. The van der Waals surface area contributed by atoms with Crippen LogP contribution in [0.3, 0.4) is 0 Å². The molecule has 0 aliphatic heterocycles. The summed E-state index contributed by atoms with van der Waals surface area (Å²) in [5.41, 5.74) is 8.33. The van der Waals surface area contributed by atoms with Crippen molar-refractivity contribution in [1.29, 1.82) is 0 Å². The lowest BCUT2D eigenvalue weighted by molar-refractivity contribution is 1.31. The topological polar surface area (TPSA) is 0 Å². The first-order valence-electron chi connectivity index (χ1n) is 6.12. The van der Waals surface area contributed by atoms with Crippen molar-refractivity contribution >= 4 is 5.57 Å². The lowest BCUT2D eigenvalue weighted by atomic mass is 9.95. The molecule has 0 radical (unpaired) electrons. The van der Waals surface area contributed by atoms with Gasteiger partial charge in [0.1, 0.15) is 0 Å². The standard InChI is InChI=1S/C17H16/c1-12-7-9-15(13(2)11-12)17-10-8-14-5-3-4-6-16(14)17/h3-7,9-11H,8H2,1-2H3. The Balaban J connectivity index is 2.13. The molecule has 0 nitrogen and oxygen atoms in total. The summed E-state index contributed by atoms with van der Waals surface area (Å²) >= 11 is 0. The van der Waals surface area contributed by atoms with E-state index in [1.54, 1.807) is 0 Å². The van der Waals surface area contributed by atoms with Gasteiger partial charge in [0.25, 0.3) is 0 Å². The second-order valence-corrected chi connectivity index (χ2v) is 4.80. The van der Waals surface area contributed by atoms with Crippen LogP contribution < -0.4 is 0 Å². The van der Waals surface area contributed by atoms with Gasteiger partial charge in [0, 0.05) is 0 Å². The van der Waals surface area contributed by atoms with Crippen molar-refractivity contribution in [2.24, 2.45) is 0 Å². The van der Waals surface area contributed by atoms with Crippen molar-refractivity contribution in [2.45, 2.75) is 20.3 Å². The Kier molecular flexibility index (Phi) is 2.36. The van der Waals surface area contributed by atoms with E-state index in [4.69, 9.17) is 0 Å². The van der Waals surface area contributed by atoms with Crippen LogP contribution in [0.25, 0.3) is 5.57 Å². The van der Waals surface area contributed by atoms with Crippen molar-refractivity contribution in [3.63, 3.8) is 0 Å². The van der Waals surface area contributed by atoms with Gasteiger partial charge in [0.05, 0.1) is 0 Å². The monoisotopic (exact) mass is 220 g/mol. The molecule has 0 atom stereocenters. The zero-order valence-electron chi connectivity index (χ0n) is 10.3. The predicted molar refractivity (Wildman–Crippen MR) is 73.1 cm³/mol. The van der Waals surface area contributed by atoms with E-state index < -0.39 is 0 Å². The van der Waals surface area contributed by atoms with E-state index in [0.717, 1.165) is 6.42 Å². The van der Waals surface area contributed by atoms with Crippen LogP contribution in [0.1, 0.15) is 27.8 Å². The molecule has 17 heavy (non-hydrogen) atoms. The Morgan fingerprint density at radius 1 is 0.882 bits per heavy atom. The van der Waals surface area contributed by atoms with Gasteiger partial charge in [0.15, 0.2) is 0 Å². The highest BCUT2D eigenvalue weighted by atomic mass is 14.2. The van der Waals surface area contributed by atoms with Gasteiger partial charge in [-0.25, -0.2) is 0 Å². The number of allylic oxidation sites excluding steroid dienone is 1. The number of aryl methyl sites for hydroxylation is 2. The van der Waals surface area contributed by atoms with Gasteiger partial charge in [-0.2, -0.15) is 0 Å². The number of benzene rings is 2. The van der Waals surface area contributed by atoms with Crippen LogP contribution in [0.5, 0.6) is 0 Å². The lowest BCUT2D eigenvalue weighted by Crippen LogP contribution is -1.90. The molecule has 0 fully saturated rings. The fraction of sp³-hybridized carbons (Fsp3) is 0.176. The van der Waals surface area contributed by atoms with Crippen LogP contribution in [0.2, 0.25) is 0 Å². The minimum absolute atomic E-state index is 1.07. The van der Waals surface area contributed by atoms with Crippen LogP contribution in [-0.2, 0) is 6.42 Å². The van der Waals surface area contributed by atoms with Crippen molar-refractivity contribution in [3.05, 3.63) is 76.4 Å². The molecule has 0 heteroatoms. The molecule has 0 saturated heterocycles. The molecule has 0 unspecified atom stereocenters. The molecule has 2 aromatic carbocycles. The molecule has 0 amide bonds. The number of hydrogen-bond donors (Lipinski definition) is 0. The first-order valence-corrected chi connectivity index (χ1v) is 6.12. The molecule has 0 bridgehead atoms. The maximum Gasteiger partial charge on any atom is -0.00819 e. The molecule has 0 heterocycles. The lowest BCUT2D eigenvalue weighted by Gasteiger charge is -2.10. The number of fused-ring (bicyclic) bond motifs is 1. The molecule has 0 N–H and O–H groups in total. The minimum Gasteiger partial charge on any atom is -0.0716 e. The summed E-state index contributed by atoms with van der Waals surface area (Å²) in [6.07, 6.45) is 3.42. The zero-order valence-corrected chi connectivity index (χ0v) is 10.3. The highest BCUT2D eigenvalue weighted by Crippen LogP contribution is 2.34. The van der Waals surface area contributed by atoms with E-state index in [-0.39, 0.29) is 0 Å². The van der Waals surface area contributed by atoms with Gasteiger partial charge in [-0.05, 0) is 48.1 Å². The fourth-order valence-corrected chi connectivity index (χ4v) is 2.65. The molecule has 3 rings (SSSR count). The van der Waals surface area contributed by atoms with Crippen LogP contribution in [0.15, 0.2) is 48.5 Å². The summed E-state index contributed by atoms with van der Waals surface area (Å²) in [5.74, 6) is 0. The maximum absolute atomic E-state index is 2.35. The van der Waals surface area contributed by atoms with E-state index in [1.807, 2.05) is 0 Å². The van der Waals surface area contributed by atoms with E-state index in [9.17, 15) is 0 Å². The Labute approximate surface area is 103 Å². The summed E-state index contributed by atoms with van der Waals surface area (Å²) in [4.78, 5) is 0. The van der Waals surface area contributed by atoms with E-state index in [2.05, 4.69) is 62.4 Å². The van der Waals surface area contributed by atoms with Crippen molar-refractivity contribution < 1.29 is 0 Å². The average molecular weight is 220 g/mol. The van der Waals surface area contributed by atoms with E-state index in [1.165, 1.54) is 33.4 Å². The third-order valence-corrected chi connectivity index (χ3v) is 3.51. The summed E-state index contributed by atoms with van der Waals surface area (Å²) in [6, 6.07) is 15.4. The molecule has 1 aliphatic carbocycles. The second-order valence-electron chi connectivity index (χ2n) is 4.80. The second kappa shape index (κ2) is 3.89. The largest absolute Gasteiger partial charge is 0.0716 e. The van der Waals surface area contributed by atoms with Crippen molar-refractivity contribution in [1.82, 2.24) is 0 Å². The van der Waals surface area contributed by atoms with Crippen molar-refractivity contribution in [2.75, 3.05) is 0 Å². The first-order chi connectivity index (χ1) is 8.25. The van der Waals surface area contributed by atoms with Gasteiger partial charge in [-0.1, -0.05) is 54.1 Å². The smallest absolute Gasteiger partial charge is 0.00819 e. The third-order valence-electron chi connectivity index (χ3n) is 3.51. The summed E-state index contributed by atoms with van der Waals surface area (Å²) in [5, 5.41) is 0. The van der Waals surface area contributed by atoms with Crippen molar-refractivity contribution in [3.8, 4) is 0 Å². The van der Waals surface area contributed by atoms with Crippen LogP contribution in [-0.4, -0.2) is 0 Å². The average Bonchev–Trinajstić information content (AvgIpc) is 2.73. The summed E-state index contributed by atoms with van der Waals surface area (Å²) in [6.45, 7) is 4.35. The molecule has 0 spiro atoms. The molecule has 0 aromatic heterocycles. The van der Waals surface area contributed by atoms with Crippen LogP contribution in [0.4, 0.5) is 0 Å². The van der Waals surface area contributed by atoms with Gasteiger partial charge < -0.3 is 0 Å². The number of hydrogen-bond acceptors (Lipinski definition) is 0. The SMILES string of the molecule is Cc1ccc(C2=CCc3ccccc32)c(C)c1. The van der Waals surface area contributed by atoms with Crippen LogP contribution in [0, 0.1) is 13.8 Å². The molecular weight excluding hydrogens is 204 g/mol. The Bertz CT molecular complexity index is 603. The number of rotatable bonds is 1. The molecule has 1 aliphatic rings. The van der Waals surface area contributed by atoms with Gasteiger partial charge in [0.2, 0.25) is 0 Å².